The Morgan fingerprint density at radius 1 is 1.32 bits per heavy atom. The summed E-state index contributed by atoms with van der Waals surface area (Å²) in [7, 11) is 0. The summed E-state index contributed by atoms with van der Waals surface area (Å²) in [6.45, 7) is 12.1. The summed E-state index contributed by atoms with van der Waals surface area (Å²) in [4.78, 5) is 34.1. The second-order valence-corrected chi connectivity index (χ2v) is 9.36. The molecule has 2 aromatic heterocycles. The second-order valence-electron chi connectivity index (χ2n) is 6.83. The van der Waals surface area contributed by atoms with E-state index in [2.05, 4.69) is 36.1 Å². The number of rotatable bonds is 7. The number of nitrogens with one attached hydrogen (secondary N) is 2. The zero-order valence-electron chi connectivity index (χ0n) is 15.7. The number of hydrogen-bond acceptors (Lipinski definition) is 5. The fourth-order valence-corrected chi connectivity index (χ4v) is 4.49. The van der Waals surface area contributed by atoms with E-state index >= 15 is 0 Å². The van der Waals surface area contributed by atoms with Crippen LogP contribution < -0.4 is 10.9 Å². The lowest BCUT2D eigenvalue weighted by molar-refractivity contribution is -0.120. The normalized spacial score (nSPS) is 14.0. The molecule has 0 aliphatic carbocycles. The Morgan fingerprint density at radius 3 is 2.60 bits per heavy atom. The van der Waals surface area contributed by atoms with Crippen LogP contribution in [-0.2, 0) is 11.2 Å². The van der Waals surface area contributed by atoms with Crippen molar-refractivity contribution in [2.45, 2.75) is 70.8 Å². The van der Waals surface area contributed by atoms with Crippen LogP contribution in [0.4, 0.5) is 0 Å². The second kappa shape index (κ2) is 8.36. The Morgan fingerprint density at radius 2 is 2.00 bits per heavy atom. The molecule has 2 atom stereocenters. The summed E-state index contributed by atoms with van der Waals surface area (Å²) in [5.41, 5.74) is 1.01. The predicted molar refractivity (Wildman–Crippen MR) is 107 cm³/mol. The number of carbonyl (C=O) groups is 1. The van der Waals surface area contributed by atoms with E-state index in [4.69, 9.17) is 0 Å². The number of aromatic amines is 1. The number of aromatic nitrogens is 2. The number of thioether (sulfide) groups is 1. The maximum absolute atomic E-state index is 12.6. The molecule has 0 saturated carbocycles. The minimum atomic E-state index is -0.316. The van der Waals surface area contributed by atoms with Crippen molar-refractivity contribution in [3.8, 4) is 0 Å². The smallest absolute Gasteiger partial charge is 0.260 e. The maximum atomic E-state index is 12.6. The number of carbonyl (C=O) groups excluding carboxylic acids is 1. The van der Waals surface area contributed by atoms with Gasteiger partial charge in [-0.2, -0.15) is 0 Å². The molecule has 5 nitrogen and oxygen atoms in total. The van der Waals surface area contributed by atoms with E-state index in [1.54, 1.807) is 11.3 Å². The Kier molecular flexibility index (Phi) is 6.68. The summed E-state index contributed by atoms with van der Waals surface area (Å²) >= 11 is 2.84. The van der Waals surface area contributed by atoms with Crippen LogP contribution >= 0.6 is 23.1 Å². The molecule has 2 N–H and O–H groups in total. The molecular formula is C18H27N3O2S2. The Labute approximate surface area is 157 Å². The topological polar surface area (TPSA) is 74.8 Å². The lowest BCUT2D eigenvalue weighted by atomic mass is 9.98. The number of amides is 1. The zero-order chi connectivity index (χ0) is 18.7. The molecule has 0 unspecified atom stereocenters. The van der Waals surface area contributed by atoms with E-state index in [1.165, 1.54) is 11.8 Å². The number of nitrogens with zero attached hydrogens (tertiary/aromatic N) is 1. The van der Waals surface area contributed by atoms with Crippen LogP contribution in [0.1, 0.15) is 51.5 Å². The molecule has 2 aromatic rings. The third kappa shape index (κ3) is 4.85. The maximum Gasteiger partial charge on any atom is 0.260 e. The molecule has 7 heteroatoms. The molecule has 0 spiro atoms. The molecule has 0 saturated heterocycles. The zero-order valence-corrected chi connectivity index (χ0v) is 17.4. The van der Waals surface area contributed by atoms with Crippen molar-refractivity contribution in [1.82, 2.24) is 15.3 Å². The average Bonchev–Trinajstić information content (AvgIpc) is 2.82. The van der Waals surface area contributed by atoms with Gasteiger partial charge in [0.25, 0.3) is 5.56 Å². The van der Waals surface area contributed by atoms with E-state index in [1.807, 2.05) is 20.8 Å². The van der Waals surface area contributed by atoms with Gasteiger partial charge in [-0.05, 0) is 45.6 Å². The monoisotopic (exact) mass is 381 g/mol. The summed E-state index contributed by atoms with van der Waals surface area (Å²) in [5, 5.41) is 3.78. The van der Waals surface area contributed by atoms with E-state index in [-0.39, 0.29) is 22.8 Å². The Bertz CT molecular complexity index is 810. The first-order valence-corrected chi connectivity index (χ1v) is 10.4. The Hall–Kier alpha value is -1.34. The first kappa shape index (κ1) is 20.0. The molecule has 25 heavy (non-hydrogen) atoms. The average molecular weight is 382 g/mol. The van der Waals surface area contributed by atoms with Gasteiger partial charge in [0.1, 0.15) is 4.83 Å². The van der Waals surface area contributed by atoms with Crippen molar-refractivity contribution in [2.75, 3.05) is 0 Å². The molecular weight excluding hydrogens is 354 g/mol. The fourth-order valence-electron chi connectivity index (χ4n) is 2.57. The van der Waals surface area contributed by atoms with Crippen molar-refractivity contribution in [3.05, 3.63) is 20.8 Å². The lowest BCUT2D eigenvalue weighted by Crippen LogP contribution is -2.36. The molecule has 1 amide bonds. The third-order valence-electron chi connectivity index (χ3n) is 4.18. The molecule has 0 bridgehead atoms. The molecule has 2 rings (SSSR count). The number of H-pyrrole nitrogens is 1. The number of hydrogen-bond donors (Lipinski definition) is 2. The van der Waals surface area contributed by atoms with Gasteiger partial charge in [-0.25, -0.2) is 4.98 Å². The highest BCUT2D eigenvalue weighted by Gasteiger charge is 2.20. The van der Waals surface area contributed by atoms with E-state index in [0.29, 0.717) is 16.5 Å². The van der Waals surface area contributed by atoms with Crippen molar-refractivity contribution >= 4 is 39.2 Å². The largest absolute Gasteiger partial charge is 0.353 e. The standard InChI is InChI=1S/C18H27N3O2S2/c1-7-10(4)8-13-11(5)24-17-14(13)16(23)20-18(21-17)25-12(6)15(22)19-9(2)3/h9-10,12H,7-8H2,1-6H3,(H,19,22)(H,20,21,23)/t10-,12-/m0/s1. The van der Waals surface area contributed by atoms with Crippen LogP contribution in [0.2, 0.25) is 0 Å². The van der Waals surface area contributed by atoms with Crippen LogP contribution in [0, 0.1) is 12.8 Å². The Balaban J connectivity index is 2.31. The van der Waals surface area contributed by atoms with Crippen molar-refractivity contribution in [2.24, 2.45) is 5.92 Å². The van der Waals surface area contributed by atoms with Crippen LogP contribution in [0.25, 0.3) is 10.2 Å². The molecule has 2 heterocycles. The van der Waals surface area contributed by atoms with Gasteiger partial charge in [0.05, 0.1) is 10.6 Å². The van der Waals surface area contributed by atoms with Gasteiger partial charge in [-0.3, -0.25) is 9.59 Å². The fraction of sp³-hybridized carbons (Fsp3) is 0.611. The van der Waals surface area contributed by atoms with Gasteiger partial charge in [0.15, 0.2) is 5.16 Å². The minimum absolute atomic E-state index is 0.0532. The highest BCUT2D eigenvalue weighted by atomic mass is 32.2. The van der Waals surface area contributed by atoms with Gasteiger partial charge in [0, 0.05) is 10.9 Å². The van der Waals surface area contributed by atoms with Crippen molar-refractivity contribution in [1.29, 1.82) is 0 Å². The number of fused-ring (bicyclic) bond motifs is 1. The molecule has 138 valence electrons. The highest BCUT2D eigenvalue weighted by molar-refractivity contribution is 8.00. The van der Waals surface area contributed by atoms with Crippen LogP contribution in [0.5, 0.6) is 0 Å². The third-order valence-corrected chi connectivity index (χ3v) is 6.20. The predicted octanol–water partition coefficient (Wildman–Crippen LogP) is 3.89. The van der Waals surface area contributed by atoms with E-state index in [9.17, 15) is 9.59 Å². The van der Waals surface area contributed by atoms with Gasteiger partial charge in [0.2, 0.25) is 5.91 Å². The summed E-state index contributed by atoms with van der Waals surface area (Å²) < 4.78 is 0. The summed E-state index contributed by atoms with van der Waals surface area (Å²) in [5.74, 6) is 0.479. The van der Waals surface area contributed by atoms with Crippen LogP contribution in [0.3, 0.4) is 0 Å². The van der Waals surface area contributed by atoms with E-state index in [0.717, 1.165) is 28.1 Å². The molecule has 0 aliphatic rings. The van der Waals surface area contributed by atoms with Crippen molar-refractivity contribution in [3.63, 3.8) is 0 Å². The van der Waals surface area contributed by atoms with Crippen LogP contribution in [0.15, 0.2) is 9.95 Å². The first-order chi connectivity index (χ1) is 11.7. The van der Waals surface area contributed by atoms with Gasteiger partial charge in [-0.1, -0.05) is 32.0 Å². The quantitative estimate of drug-likeness (QED) is 0.564. The molecule has 0 aliphatic heterocycles. The molecule has 0 radical (unpaired) electrons. The SMILES string of the molecule is CC[C@H](C)Cc1c(C)sc2nc(S[C@@H](C)C(=O)NC(C)C)[nH]c(=O)c12. The van der Waals surface area contributed by atoms with Gasteiger partial charge >= 0.3 is 0 Å². The number of thiophene rings is 1. The van der Waals surface area contributed by atoms with E-state index < -0.39 is 0 Å². The van der Waals surface area contributed by atoms with Gasteiger partial charge in [-0.15, -0.1) is 11.3 Å². The molecule has 0 aromatic carbocycles. The van der Waals surface area contributed by atoms with Gasteiger partial charge < -0.3 is 10.3 Å². The summed E-state index contributed by atoms with van der Waals surface area (Å²) in [6, 6.07) is 0.0908. The molecule has 0 fully saturated rings. The minimum Gasteiger partial charge on any atom is -0.353 e. The first-order valence-electron chi connectivity index (χ1n) is 8.72. The highest BCUT2D eigenvalue weighted by Crippen LogP contribution is 2.31. The lowest BCUT2D eigenvalue weighted by Gasteiger charge is -2.13. The number of aryl methyl sites for hydroxylation is 1. The summed E-state index contributed by atoms with van der Waals surface area (Å²) in [6.07, 6.45) is 1.98. The van der Waals surface area contributed by atoms with Crippen molar-refractivity contribution < 1.29 is 4.79 Å². The van der Waals surface area contributed by atoms with Crippen LogP contribution in [-0.4, -0.2) is 27.2 Å².